The quantitative estimate of drug-likeness (QED) is 0.649. The molecule has 0 unspecified atom stereocenters. The fourth-order valence-corrected chi connectivity index (χ4v) is 1.84. The Balaban J connectivity index is 1.91. The molecule has 0 aromatic heterocycles. The van der Waals surface area contributed by atoms with Gasteiger partial charge in [0.1, 0.15) is 0 Å². The molecule has 0 bridgehead atoms. The highest BCUT2D eigenvalue weighted by atomic mass is 35.5. The van der Waals surface area contributed by atoms with Crippen molar-refractivity contribution in [3.8, 4) is 0 Å². The summed E-state index contributed by atoms with van der Waals surface area (Å²) in [4.78, 5) is 11.6. The van der Waals surface area contributed by atoms with Crippen LogP contribution in [-0.2, 0) is 0 Å². The van der Waals surface area contributed by atoms with Crippen LogP contribution in [0.1, 0.15) is 5.56 Å². The molecule has 2 amide bonds. The molecule has 0 spiro atoms. The summed E-state index contributed by atoms with van der Waals surface area (Å²) in [6, 6.07) is 13.6. The van der Waals surface area contributed by atoms with Gasteiger partial charge < -0.3 is 5.32 Å². The lowest BCUT2D eigenvalue weighted by Gasteiger charge is -2.04. The lowest BCUT2D eigenvalue weighted by Crippen LogP contribution is -2.24. The number of halogens is 2. The molecule has 0 atom stereocenters. The average molecular weight is 308 g/mol. The smallest absolute Gasteiger partial charge is 0.306 e. The Morgan fingerprint density at radius 2 is 1.90 bits per heavy atom. The summed E-state index contributed by atoms with van der Waals surface area (Å²) in [7, 11) is 0. The molecule has 0 radical (unpaired) electrons. The Kier molecular flexibility index (Phi) is 4.98. The van der Waals surface area contributed by atoms with E-state index >= 15 is 0 Å². The third kappa shape index (κ3) is 4.26. The van der Waals surface area contributed by atoms with Crippen LogP contribution in [0.3, 0.4) is 0 Å². The number of hydrogen-bond acceptors (Lipinski definition) is 2. The Bertz CT molecular complexity index is 644. The summed E-state index contributed by atoms with van der Waals surface area (Å²) in [5.41, 5.74) is 3.65. The number of carbonyl (C=O) groups excluding carboxylic acids is 1. The van der Waals surface area contributed by atoms with E-state index < -0.39 is 6.03 Å². The topological polar surface area (TPSA) is 53.5 Å². The molecule has 20 heavy (non-hydrogen) atoms. The van der Waals surface area contributed by atoms with Crippen LogP contribution in [0, 0.1) is 0 Å². The van der Waals surface area contributed by atoms with Crippen molar-refractivity contribution in [1.82, 2.24) is 5.43 Å². The number of amides is 2. The van der Waals surface area contributed by atoms with Crippen LogP contribution in [0.2, 0.25) is 10.0 Å². The second-order valence-electron chi connectivity index (χ2n) is 3.86. The molecule has 2 aromatic rings. The van der Waals surface area contributed by atoms with E-state index in [1.165, 1.54) is 6.21 Å². The van der Waals surface area contributed by atoms with E-state index in [4.69, 9.17) is 23.2 Å². The fraction of sp³-hybridized carbons (Fsp3) is 0. The number of hydrazone groups is 1. The summed E-state index contributed by atoms with van der Waals surface area (Å²) in [6.45, 7) is 0. The van der Waals surface area contributed by atoms with E-state index in [0.717, 1.165) is 5.56 Å². The molecule has 2 aromatic carbocycles. The van der Waals surface area contributed by atoms with Gasteiger partial charge >= 0.3 is 6.03 Å². The minimum absolute atomic E-state index is 0.462. The van der Waals surface area contributed by atoms with Gasteiger partial charge in [-0.2, -0.15) is 5.10 Å². The number of hydrogen-bond donors (Lipinski definition) is 2. The van der Waals surface area contributed by atoms with Gasteiger partial charge in [-0.15, -0.1) is 0 Å². The number of anilines is 1. The monoisotopic (exact) mass is 307 g/mol. The van der Waals surface area contributed by atoms with Crippen molar-refractivity contribution < 1.29 is 4.79 Å². The van der Waals surface area contributed by atoms with Crippen LogP contribution in [0.5, 0.6) is 0 Å². The lowest BCUT2D eigenvalue weighted by atomic mass is 10.2. The number of nitrogens with zero attached hydrogens (tertiary/aromatic N) is 1. The van der Waals surface area contributed by atoms with Gasteiger partial charge in [-0.3, -0.25) is 0 Å². The summed E-state index contributed by atoms with van der Waals surface area (Å²) < 4.78 is 0. The third-order valence-corrected chi connectivity index (χ3v) is 2.94. The SMILES string of the molecule is O=C(N/N=C/c1ccccc1Cl)Nc1cccc(Cl)c1. The maximum absolute atomic E-state index is 11.6. The predicted molar refractivity (Wildman–Crippen MR) is 82.7 cm³/mol. The van der Waals surface area contributed by atoms with E-state index in [2.05, 4.69) is 15.8 Å². The Morgan fingerprint density at radius 3 is 2.65 bits per heavy atom. The first-order chi connectivity index (χ1) is 9.65. The van der Waals surface area contributed by atoms with Gasteiger partial charge in [0.25, 0.3) is 0 Å². The molecule has 0 saturated heterocycles. The molecule has 0 heterocycles. The molecule has 0 aliphatic heterocycles. The van der Waals surface area contributed by atoms with Crippen LogP contribution in [0.25, 0.3) is 0 Å². The van der Waals surface area contributed by atoms with Crippen molar-refractivity contribution >= 4 is 41.1 Å². The van der Waals surface area contributed by atoms with Crippen molar-refractivity contribution in [3.05, 3.63) is 64.1 Å². The molecular weight excluding hydrogens is 297 g/mol. The number of carbonyl (C=O) groups is 1. The summed E-state index contributed by atoms with van der Waals surface area (Å²) in [6.07, 6.45) is 1.47. The molecule has 0 aliphatic rings. The van der Waals surface area contributed by atoms with Crippen molar-refractivity contribution in [2.45, 2.75) is 0 Å². The van der Waals surface area contributed by atoms with E-state index in [-0.39, 0.29) is 0 Å². The molecule has 2 rings (SSSR count). The zero-order valence-corrected chi connectivity index (χ0v) is 11.8. The second-order valence-corrected chi connectivity index (χ2v) is 4.70. The largest absolute Gasteiger partial charge is 0.339 e. The van der Waals surface area contributed by atoms with Crippen molar-refractivity contribution in [3.63, 3.8) is 0 Å². The second kappa shape index (κ2) is 6.93. The molecule has 102 valence electrons. The number of benzene rings is 2. The van der Waals surface area contributed by atoms with Gasteiger partial charge in [0.15, 0.2) is 0 Å². The van der Waals surface area contributed by atoms with Crippen LogP contribution in [0.4, 0.5) is 10.5 Å². The minimum atomic E-state index is -0.462. The summed E-state index contributed by atoms with van der Waals surface area (Å²) in [5, 5.41) is 7.53. The summed E-state index contributed by atoms with van der Waals surface area (Å²) >= 11 is 11.8. The number of nitrogens with one attached hydrogen (secondary N) is 2. The molecule has 0 aliphatic carbocycles. The van der Waals surface area contributed by atoms with Crippen molar-refractivity contribution in [2.24, 2.45) is 5.10 Å². The number of rotatable bonds is 3. The van der Waals surface area contributed by atoms with Crippen LogP contribution in [0.15, 0.2) is 53.6 Å². The van der Waals surface area contributed by atoms with Crippen LogP contribution >= 0.6 is 23.2 Å². The van der Waals surface area contributed by atoms with E-state index in [0.29, 0.717) is 15.7 Å². The highest BCUT2D eigenvalue weighted by Crippen LogP contribution is 2.14. The van der Waals surface area contributed by atoms with Gasteiger partial charge in [0.2, 0.25) is 0 Å². The minimum Gasteiger partial charge on any atom is -0.306 e. The first kappa shape index (κ1) is 14.4. The van der Waals surface area contributed by atoms with Crippen LogP contribution < -0.4 is 10.7 Å². The van der Waals surface area contributed by atoms with Gasteiger partial charge in [-0.25, -0.2) is 10.2 Å². The number of urea groups is 1. The maximum atomic E-state index is 11.6. The molecule has 6 heteroatoms. The van der Waals surface area contributed by atoms with Gasteiger partial charge in [-0.1, -0.05) is 47.5 Å². The lowest BCUT2D eigenvalue weighted by molar-refractivity contribution is 0.252. The molecule has 0 fully saturated rings. The zero-order valence-electron chi connectivity index (χ0n) is 10.3. The summed E-state index contributed by atoms with van der Waals surface area (Å²) in [5.74, 6) is 0. The normalized spacial score (nSPS) is 10.5. The first-order valence-electron chi connectivity index (χ1n) is 5.75. The van der Waals surface area contributed by atoms with E-state index in [9.17, 15) is 4.79 Å². The molecule has 0 saturated carbocycles. The standard InChI is InChI=1S/C14H11Cl2N3O/c15-11-5-3-6-12(8-11)18-14(20)19-17-9-10-4-1-2-7-13(10)16/h1-9H,(H2,18,19,20)/b17-9+. The first-order valence-corrected chi connectivity index (χ1v) is 6.51. The predicted octanol–water partition coefficient (Wildman–Crippen LogP) is 4.15. The van der Waals surface area contributed by atoms with Crippen molar-refractivity contribution in [1.29, 1.82) is 0 Å². The average Bonchev–Trinajstić information content (AvgIpc) is 2.41. The molecule has 2 N–H and O–H groups in total. The van der Waals surface area contributed by atoms with Gasteiger partial charge in [0.05, 0.1) is 6.21 Å². The van der Waals surface area contributed by atoms with Crippen LogP contribution in [-0.4, -0.2) is 12.2 Å². The Hall–Kier alpha value is -2.04. The van der Waals surface area contributed by atoms with E-state index in [1.807, 2.05) is 12.1 Å². The van der Waals surface area contributed by atoms with Gasteiger partial charge in [-0.05, 0) is 24.3 Å². The third-order valence-electron chi connectivity index (χ3n) is 2.36. The molecule has 4 nitrogen and oxygen atoms in total. The van der Waals surface area contributed by atoms with Gasteiger partial charge in [0, 0.05) is 21.3 Å². The van der Waals surface area contributed by atoms with E-state index in [1.54, 1.807) is 36.4 Å². The van der Waals surface area contributed by atoms with Crippen molar-refractivity contribution in [2.75, 3.05) is 5.32 Å². The highest BCUT2D eigenvalue weighted by Gasteiger charge is 2.00. The maximum Gasteiger partial charge on any atom is 0.339 e. The fourth-order valence-electron chi connectivity index (χ4n) is 1.47. The Morgan fingerprint density at radius 1 is 1.10 bits per heavy atom. The Labute approximate surface area is 126 Å². The zero-order chi connectivity index (χ0) is 14.4. The highest BCUT2D eigenvalue weighted by molar-refractivity contribution is 6.33. The molecular formula is C14H11Cl2N3O.